The Labute approximate surface area is 223 Å². The number of amides is 2. The largest absolute Gasteiger partial charge is 0.352 e. The van der Waals surface area contributed by atoms with E-state index in [0.29, 0.717) is 13.0 Å². The van der Waals surface area contributed by atoms with Gasteiger partial charge in [0, 0.05) is 37.1 Å². The van der Waals surface area contributed by atoms with Crippen LogP contribution in [0.25, 0.3) is 0 Å². The van der Waals surface area contributed by atoms with Crippen molar-refractivity contribution in [3.05, 3.63) is 64.6 Å². The van der Waals surface area contributed by atoms with Crippen molar-refractivity contribution < 1.29 is 18.0 Å². The Morgan fingerprint density at radius 3 is 2.42 bits per heavy atom. The summed E-state index contributed by atoms with van der Waals surface area (Å²) in [6, 6.07) is 15.5. The van der Waals surface area contributed by atoms with Crippen LogP contribution in [0.3, 0.4) is 0 Å². The third-order valence-corrected chi connectivity index (χ3v) is 9.04. The molecule has 0 saturated heterocycles. The third kappa shape index (κ3) is 7.88. The van der Waals surface area contributed by atoms with E-state index in [1.165, 1.54) is 17.8 Å². The average Bonchev–Trinajstić information content (AvgIpc) is 2.87. The monoisotopic (exact) mass is 577 g/mol. The second-order valence-electron chi connectivity index (χ2n) is 9.41. The van der Waals surface area contributed by atoms with Crippen molar-refractivity contribution in [3.8, 4) is 0 Å². The van der Waals surface area contributed by atoms with Crippen molar-refractivity contribution >= 4 is 37.8 Å². The second-order valence-corrected chi connectivity index (χ2v) is 12.4. The number of carbonyl (C=O) groups excluding carboxylic acids is 2. The summed E-state index contributed by atoms with van der Waals surface area (Å²) in [7, 11) is -2.10. The summed E-state index contributed by atoms with van der Waals surface area (Å²) < 4.78 is 27.7. The summed E-state index contributed by atoms with van der Waals surface area (Å²) in [4.78, 5) is 28.2. The average molecular weight is 579 g/mol. The molecule has 3 rings (SSSR count). The number of nitrogens with one attached hydrogen (secondary N) is 1. The molecule has 7 nitrogen and oxygen atoms in total. The van der Waals surface area contributed by atoms with Gasteiger partial charge in [0.1, 0.15) is 6.04 Å². The molecule has 1 unspecified atom stereocenters. The van der Waals surface area contributed by atoms with Crippen LogP contribution in [0.2, 0.25) is 0 Å². The zero-order valence-corrected chi connectivity index (χ0v) is 23.4. The quantitative estimate of drug-likeness (QED) is 0.418. The van der Waals surface area contributed by atoms with E-state index in [1.807, 2.05) is 24.3 Å². The van der Waals surface area contributed by atoms with Gasteiger partial charge in [0.25, 0.3) is 0 Å². The SMILES string of the molecule is CC(C(=O)NC1CCCCC1)N(Cc1cccc(Br)c1)C(=O)CCCN(C)S(=O)(=O)c1ccccc1. The molecule has 36 heavy (non-hydrogen) atoms. The number of hydrogen-bond donors (Lipinski definition) is 1. The molecule has 1 atom stereocenters. The first-order valence-corrected chi connectivity index (χ1v) is 14.8. The normalized spacial score (nSPS) is 15.4. The summed E-state index contributed by atoms with van der Waals surface area (Å²) in [5.41, 5.74) is 0.916. The molecule has 2 aromatic rings. The third-order valence-electron chi connectivity index (χ3n) is 6.68. The zero-order valence-electron chi connectivity index (χ0n) is 21.0. The first kappa shape index (κ1) is 28.3. The maximum Gasteiger partial charge on any atom is 0.242 e. The minimum absolute atomic E-state index is 0.143. The molecule has 0 aliphatic heterocycles. The number of halogens is 1. The van der Waals surface area contributed by atoms with E-state index in [1.54, 1.807) is 42.2 Å². The van der Waals surface area contributed by atoms with Crippen molar-refractivity contribution in [3.63, 3.8) is 0 Å². The van der Waals surface area contributed by atoms with Crippen LogP contribution in [-0.2, 0) is 26.2 Å². The highest BCUT2D eigenvalue weighted by atomic mass is 79.9. The molecule has 0 radical (unpaired) electrons. The van der Waals surface area contributed by atoms with Gasteiger partial charge in [0.15, 0.2) is 0 Å². The van der Waals surface area contributed by atoms with Crippen LogP contribution in [0.5, 0.6) is 0 Å². The van der Waals surface area contributed by atoms with Crippen molar-refractivity contribution in [1.82, 2.24) is 14.5 Å². The van der Waals surface area contributed by atoms with Gasteiger partial charge >= 0.3 is 0 Å². The molecular weight excluding hydrogens is 542 g/mol. The predicted octanol–water partition coefficient (Wildman–Crippen LogP) is 4.72. The molecular formula is C27H36BrN3O4S. The van der Waals surface area contributed by atoms with E-state index in [2.05, 4.69) is 21.2 Å². The highest BCUT2D eigenvalue weighted by Crippen LogP contribution is 2.20. The van der Waals surface area contributed by atoms with Crippen LogP contribution in [-0.4, -0.2) is 55.1 Å². The van der Waals surface area contributed by atoms with Crippen molar-refractivity contribution in [1.29, 1.82) is 0 Å². The molecule has 2 amide bonds. The lowest BCUT2D eigenvalue weighted by Gasteiger charge is -2.31. The topological polar surface area (TPSA) is 86.8 Å². The number of carbonyl (C=O) groups is 2. The fourth-order valence-corrected chi connectivity index (χ4v) is 6.15. The van der Waals surface area contributed by atoms with E-state index < -0.39 is 16.1 Å². The van der Waals surface area contributed by atoms with Gasteiger partial charge in [0.05, 0.1) is 4.90 Å². The molecule has 2 aromatic carbocycles. The molecule has 0 aromatic heterocycles. The lowest BCUT2D eigenvalue weighted by atomic mass is 9.95. The Kier molecular flexibility index (Phi) is 10.5. The minimum Gasteiger partial charge on any atom is -0.352 e. The molecule has 1 saturated carbocycles. The summed E-state index contributed by atoms with van der Waals surface area (Å²) in [6.45, 7) is 2.27. The Bertz CT molecular complexity index is 1120. The molecule has 1 N–H and O–H groups in total. The Morgan fingerprint density at radius 1 is 1.06 bits per heavy atom. The van der Waals surface area contributed by atoms with Gasteiger partial charge in [0.2, 0.25) is 21.8 Å². The van der Waals surface area contributed by atoms with E-state index in [-0.39, 0.29) is 35.7 Å². The molecule has 0 bridgehead atoms. The minimum atomic E-state index is -3.62. The predicted molar refractivity (Wildman–Crippen MR) is 145 cm³/mol. The lowest BCUT2D eigenvalue weighted by Crippen LogP contribution is -2.50. The lowest BCUT2D eigenvalue weighted by molar-refractivity contribution is -0.141. The molecule has 1 aliphatic carbocycles. The van der Waals surface area contributed by atoms with Gasteiger partial charge in [-0.25, -0.2) is 12.7 Å². The van der Waals surface area contributed by atoms with Crippen molar-refractivity contribution in [2.75, 3.05) is 13.6 Å². The van der Waals surface area contributed by atoms with Gasteiger partial charge in [-0.05, 0) is 56.0 Å². The molecule has 0 heterocycles. The first-order chi connectivity index (χ1) is 17.2. The molecule has 1 aliphatic rings. The van der Waals surface area contributed by atoms with Crippen LogP contribution < -0.4 is 5.32 Å². The fraction of sp³-hybridized carbons (Fsp3) is 0.481. The maximum absolute atomic E-state index is 13.3. The number of benzene rings is 2. The maximum atomic E-state index is 13.3. The molecule has 196 valence electrons. The summed E-state index contributed by atoms with van der Waals surface area (Å²) in [6.07, 6.45) is 5.86. The van der Waals surface area contributed by atoms with Crippen molar-refractivity contribution in [2.45, 2.75) is 75.4 Å². The number of hydrogen-bond acceptors (Lipinski definition) is 4. The van der Waals surface area contributed by atoms with Gasteiger partial charge in [-0.3, -0.25) is 9.59 Å². The number of nitrogens with zero attached hydrogens (tertiary/aromatic N) is 2. The number of sulfonamides is 1. The van der Waals surface area contributed by atoms with Crippen molar-refractivity contribution in [2.24, 2.45) is 0 Å². The summed E-state index contributed by atoms with van der Waals surface area (Å²) in [5.74, 6) is -0.319. The van der Waals surface area contributed by atoms with Crippen LogP contribution in [0.15, 0.2) is 64.0 Å². The second kappa shape index (κ2) is 13.4. The van der Waals surface area contributed by atoms with Crippen LogP contribution >= 0.6 is 15.9 Å². The Morgan fingerprint density at radius 2 is 1.75 bits per heavy atom. The Balaban J connectivity index is 1.65. The van der Waals surface area contributed by atoms with Gasteiger partial charge in [-0.15, -0.1) is 0 Å². The van der Waals surface area contributed by atoms with Gasteiger partial charge < -0.3 is 10.2 Å². The first-order valence-electron chi connectivity index (χ1n) is 12.5. The van der Waals surface area contributed by atoms with Crippen LogP contribution in [0.4, 0.5) is 0 Å². The van der Waals surface area contributed by atoms with Gasteiger partial charge in [-0.2, -0.15) is 0 Å². The van der Waals surface area contributed by atoms with E-state index >= 15 is 0 Å². The Hall–Kier alpha value is -2.23. The van der Waals surface area contributed by atoms with E-state index in [4.69, 9.17) is 0 Å². The highest BCUT2D eigenvalue weighted by Gasteiger charge is 2.28. The standard InChI is InChI=1S/C27H36BrN3O4S/c1-21(27(33)29-24-13-5-3-6-14-24)31(20-22-11-9-12-23(28)19-22)26(32)17-10-18-30(2)36(34,35)25-15-7-4-8-16-25/h4,7-9,11-12,15-16,19,21,24H,3,5-6,10,13-14,17-18,20H2,1-2H3,(H,29,33). The van der Waals surface area contributed by atoms with E-state index in [0.717, 1.165) is 35.7 Å². The molecule has 0 spiro atoms. The fourth-order valence-electron chi connectivity index (χ4n) is 4.47. The molecule has 9 heteroatoms. The smallest absolute Gasteiger partial charge is 0.242 e. The molecule has 1 fully saturated rings. The highest BCUT2D eigenvalue weighted by molar-refractivity contribution is 9.10. The van der Waals surface area contributed by atoms with Crippen LogP contribution in [0.1, 0.15) is 57.4 Å². The summed E-state index contributed by atoms with van der Waals surface area (Å²) >= 11 is 3.47. The zero-order chi connectivity index (χ0) is 26.1. The van der Waals surface area contributed by atoms with Gasteiger partial charge in [-0.1, -0.05) is 65.5 Å². The van der Waals surface area contributed by atoms with E-state index in [9.17, 15) is 18.0 Å². The summed E-state index contributed by atoms with van der Waals surface area (Å²) in [5, 5.41) is 3.13. The number of rotatable bonds is 11. The van der Waals surface area contributed by atoms with Crippen LogP contribution in [0, 0.1) is 0 Å².